The summed E-state index contributed by atoms with van der Waals surface area (Å²) in [6.45, 7) is 0.336. The number of likely N-dealkylation sites (N-methyl/N-ethyl adjacent to an activating group) is 1. The van der Waals surface area contributed by atoms with E-state index in [1.165, 1.54) is 24.1 Å². The Kier molecular flexibility index (Phi) is 4.67. The molecule has 0 spiro atoms. The van der Waals surface area contributed by atoms with E-state index in [9.17, 15) is 13.2 Å². The number of methoxy groups -OCH3 is 1. The maximum atomic E-state index is 12.6. The fraction of sp³-hybridized carbons (Fsp3) is 0.417. The van der Waals surface area contributed by atoms with Gasteiger partial charge in [-0.2, -0.15) is 4.31 Å². The van der Waals surface area contributed by atoms with Gasteiger partial charge in [0.2, 0.25) is 15.9 Å². The lowest BCUT2D eigenvalue weighted by atomic mass is 10.3. The zero-order valence-electron chi connectivity index (χ0n) is 11.5. The molecule has 1 heterocycles. The zero-order chi connectivity index (χ0) is 15.8. The lowest BCUT2D eigenvalue weighted by Gasteiger charge is -2.31. The second-order valence-electron chi connectivity index (χ2n) is 4.57. The Morgan fingerprint density at radius 1 is 1.19 bits per heavy atom. The van der Waals surface area contributed by atoms with Gasteiger partial charge in [0.25, 0.3) is 0 Å². The van der Waals surface area contributed by atoms with Crippen LogP contribution in [0.15, 0.2) is 17.0 Å². The highest BCUT2D eigenvalue weighted by Crippen LogP contribution is 2.34. The Bertz CT molecular complexity index is 678. The van der Waals surface area contributed by atoms with Crippen molar-refractivity contribution in [3.63, 3.8) is 0 Å². The molecule has 1 aliphatic rings. The van der Waals surface area contributed by atoms with Crippen LogP contribution in [0.4, 0.5) is 0 Å². The average Bonchev–Trinajstić information content (AvgIpc) is 2.43. The molecule has 1 amide bonds. The summed E-state index contributed by atoms with van der Waals surface area (Å²) >= 11 is 12.0. The van der Waals surface area contributed by atoms with Crippen LogP contribution >= 0.6 is 23.2 Å². The van der Waals surface area contributed by atoms with Gasteiger partial charge in [0.1, 0.15) is 10.6 Å². The first-order valence-corrected chi connectivity index (χ1v) is 8.24. The number of rotatable bonds is 3. The normalized spacial score (nSPS) is 17.1. The van der Waals surface area contributed by atoms with Crippen LogP contribution in [0.2, 0.25) is 10.0 Å². The van der Waals surface area contributed by atoms with Crippen molar-refractivity contribution >= 4 is 39.1 Å². The molecule has 1 aliphatic heterocycles. The Balaban J connectivity index is 2.41. The van der Waals surface area contributed by atoms with Crippen LogP contribution < -0.4 is 4.74 Å². The number of halogens is 2. The van der Waals surface area contributed by atoms with Gasteiger partial charge in [-0.25, -0.2) is 8.42 Å². The molecule has 21 heavy (non-hydrogen) atoms. The number of hydrogen-bond acceptors (Lipinski definition) is 4. The molecule has 116 valence electrons. The van der Waals surface area contributed by atoms with Crippen molar-refractivity contribution in [2.24, 2.45) is 0 Å². The third kappa shape index (κ3) is 3.11. The van der Waals surface area contributed by atoms with Crippen LogP contribution in [0.1, 0.15) is 0 Å². The minimum absolute atomic E-state index is 0.00243. The average molecular weight is 353 g/mol. The minimum atomic E-state index is -3.88. The molecule has 0 aromatic heterocycles. The van der Waals surface area contributed by atoms with E-state index in [1.807, 2.05) is 0 Å². The lowest BCUT2D eigenvalue weighted by Crippen LogP contribution is -2.50. The van der Waals surface area contributed by atoms with E-state index in [0.29, 0.717) is 6.54 Å². The molecule has 0 radical (unpaired) electrons. The predicted molar refractivity (Wildman–Crippen MR) is 79.4 cm³/mol. The van der Waals surface area contributed by atoms with E-state index in [1.54, 1.807) is 7.05 Å². The van der Waals surface area contributed by atoms with Crippen molar-refractivity contribution < 1.29 is 17.9 Å². The highest BCUT2D eigenvalue weighted by atomic mass is 35.5. The maximum Gasteiger partial charge on any atom is 0.245 e. The quantitative estimate of drug-likeness (QED) is 0.825. The molecule has 9 heteroatoms. The van der Waals surface area contributed by atoms with Crippen LogP contribution in [0.5, 0.6) is 5.75 Å². The zero-order valence-corrected chi connectivity index (χ0v) is 13.8. The number of sulfonamides is 1. The van der Waals surface area contributed by atoms with Gasteiger partial charge < -0.3 is 9.64 Å². The first-order chi connectivity index (χ1) is 9.77. The second kappa shape index (κ2) is 6.00. The molecule has 0 saturated carbocycles. The molecule has 0 N–H and O–H groups in total. The van der Waals surface area contributed by atoms with Crippen molar-refractivity contribution in [3.8, 4) is 5.75 Å². The van der Waals surface area contributed by atoms with Gasteiger partial charge in [0, 0.05) is 26.2 Å². The molecule has 0 bridgehead atoms. The number of benzene rings is 1. The minimum Gasteiger partial charge on any atom is -0.495 e. The van der Waals surface area contributed by atoms with Crippen LogP contribution in [-0.2, 0) is 14.8 Å². The molecule has 6 nitrogen and oxygen atoms in total. The maximum absolute atomic E-state index is 12.6. The monoisotopic (exact) mass is 352 g/mol. The number of hydrogen-bond donors (Lipinski definition) is 0. The number of carbonyl (C=O) groups excluding carboxylic acids is 1. The first-order valence-electron chi connectivity index (χ1n) is 6.04. The van der Waals surface area contributed by atoms with E-state index < -0.39 is 10.0 Å². The number of piperazine rings is 1. The second-order valence-corrected chi connectivity index (χ2v) is 7.29. The summed E-state index contributed by atoms with van der Waals surface area (Å²) < 4.78 is 31.2. The molecule has 2 rings (SSSR count). The molecular formula is C12H14Cl2N2O4S. The first kappa shape index (κ1) is 16.4. The van der Waals surface area contributed by atoms with Crippen molar-refractivity contribution in [1.82, 2.24) is 9.21 Å². The fourth-order valence-corrected chi connectivity index (χ4v) is 4.15. The number of nitrogens with zero attached hydrogens (tertiary/aromatic N) is 2. The van der Waals surface area contributed by atoms with Crippen LogP contribution in [-0.4, -0.2) is 57.3 Å². The summed E-state index contributed by atoms with van der Waals surface area (Å²) in [5, 5.41) is 0.142. The molecule has 1 saturated heterocycles. The van der Waals surface area contributed by atoms with Gasteiger partial charge in [0.05, 0.1) is 23.7 Å². The summed E-state index contributed by atoms with van der Waals surface area (Å²) in [7, 11) is -0.847. The predicted octanol–water partition coefficient (Wildman–Crippen LogP) is 1.46. The lowest BCUT2D eigenvalue weighted by molar-refractivity contribution is -0.132. The van der Waals surface area contributed by atoms with Crippen molar-refractivity contribution in [2.45, 2.75) is 4.90 Å². The van der Waals surface area contributed by atoms with Crippen LogP contribution in [0.25, 0.3) is 0 Å². The summed E-state index contributed by atoms with van der Waals surface area (Å²) in [6, 6.07) is 2.58. The Morgan fingerprint density at radius 2 is 1.86 bits per heavy atom. The molecule has 1 aromatic rings. The molecule has 0 aliphatic carbocycles. The number of ether oxygens (including phenoxy) is 1. The molecule has 1 aromatic carbocycles. The van der Waals surface area contributed by atoms with Crippen LogP contribution in [0.3, 0.4) is 0 Å². The number of carbonyl (C=O) groups is 1. The highest BCUT2D eigenvalue weighted by Gasteiger charge is 2.33. The van der Waals surface area contributed by atoms with Crippen LogP contribution in [0, 0.1) is 0 Å². The van der Waals surface area contributed by atoms with Crippen molar-refractivity contribution in [3.05, 3.63) is 22.2 Å². The van der Waals surface area contributed by atoms with Crippen molar-refractivity contribution in [1.29, 1.82) is 0 Å². The largest absolute Gasteiger partial charge is 0.495 e. The highest BCUT2D eigenvalue weighted by molar-refractivity contribution is 7.89. The van der Waals surface area contributed by atoms with Crippen molar-refractivity contribution in [2.75, 3.05) is 33.8 Å². The molecular weight excluding hydrogens is 339 g/mol. The molecule has 1 fully saturated rings. The van der Waals surface area contributed by atoms with E-state index in [0.717, 1.165) is 4.31 Å². The number of amides is 1. The third-order valence-electron chi connectivity index (χ3n) is 3.25. The van der Waals surface area contributed by atoms with Gasteiger partial charge in [-0.1, -0.05) is 23.2 Å². The van der Waals surface area contributed by atoms with Gasteiger partial charge >= 0.3 is 0 Å². The summed E-state index contributed by atoms with van der Waals surface area (Å²) in [5.74, 6) is 0.0237. The Hall–Kier alpha value is -1.02. The third-order valence-corrected chi connectivity index (χ3v) is 5.85. The van der Waals surface area contributed by atoms with E-state index in [-0.39, 0.29) is 39.7 Å². The molecule has 0 unspecified atom stereocenters. The SMILES string of the molecule is COc1cc(Cl)c(S(=O)(=O)N2CCN(C)C(=O)C2)cc1Cl. The van der Waals surface area contributed by atoms with Gasteiger partial charge in [-0.3, -0.25) is 4.79 Å². The van der Waals surface area contributed by atoms with Gasteiger partial charge in [-0.15, -0.1) is 0 Å². The summed E-state index contributed by atoms with van der Waals surface area (Å²) in [5.41, 5.74) is 0. The van der Waals surface area contributed by atoms with E-state index in [4.69, 9.17) is 27.9 Å². The summed E-state index contributed by atoms with van der Waals surface area (Å²) in [6.07, 6.45) is 0. The van der Waals surface area contributed by atoms with Gasteiger partial charge in [0.15, 0.2) is 0 Å². The van der Waals surface area contributed by atoms with Gasteiger partial charge in [-0.05, 0) is 6.07 Å². The summed E-state index contributed by atoms with van der Waals surface area (Å²) in [4.78, 5) is 13.0. The topological polar surface area (TPSA) is 66.9 Å². The van der Waals surface area contributed by atoms with E-state index in [2.05, 4.69) is 0 Å². The van der Waals surface area contributed by atoms with E-state index >= 15 is 0 Å². The molecule has 0 atom stereocenters. The standard InChI is InChI=1S/C12H14Cl2N2O4S/c1-15-3-4-16(7-12(15)17)21(18,19)11-6-8(13)10(20-2)5-9(11)14/h5-6H,3-4,7H2,1-2H3. The fourth-order valence-electron chi connectivity index (χ4n) is 1.95. The smallest absolute Gasteiger partial charge is 0.245 e. The Labute approximate surface area is 133 Å². The Morgan fingerprint density at radius 3 is 2.43 bits per heavy atom.